The summed E-state index contributed by atoms with van der Waals surface area (Å²) in [6.45, 7) is 5.01. The molecule has 0 aliphatic carbocycles. The van der Waals surface area contributed by atoms with Gasteiger partial charge in [-0.05, 0) is 12.5 Å². The van der Waals surface area contributed by atoms with E-state index in [1.165, 1.54) is 0 Å². The number of hydrogen-bond donors (Lipinski definition) is 0. The van der Waals surface area contributed by atoms with E-state index in [-0.39, 0.29) is 10.9 Å². The molecule has 7 nitrogen and oxygen atoms in total. The second-order valence-corrected chi connectivity index (χ2v) is 7.25. The Bertz CT molecular complexity index is 752. The molecule has 2 aromatic rings. The minimum Gasteiger partial charge on any atom is -0.378 e. The highest BCUT2D eigenvalue weighted by atomic mass is 32.2. The number of aromatic nitrogens is 3. The maximum absolute atomic E-state index is 12.7. The van der Waals surface area contributed by atoms with Crippen LogP contribution in [0.15, 0.2) is 35.5 Å². The lowest BCUT2D eigenvalue weighted by atomic mass is 10.2. The zero-order valence-corrected chi connectivity index (χ0v) is 13.9. The summed E-state index contributed by atoms with van der Waals surface area (Å²) < 4.78 is 32.4. The van der Waals surface area contributed by atoms with Crippen LogP contribution < -0.4 is 4.90 Å². The molecule has 1 saturated heterocycles. The van der Waals surface area contributed by atoms with Crippen LogP contribution in [0.4, 0.5) is 5.95 Å². The normalized spacial score (nSPS) is 15.8. The molecule has 1 aliphatic rings. The van der Waals surface area contributed by atoms with Gasteiger partial charge in [0.05, 0.1) is 19.0 Å². The fourth-order valence-electron chi connectivity index (χ4n) is 2.64. The Hall–Kier alpha value is -1.93. The van der Waals surface area contributed by atoms with E-state index >= 15 is 0 Å². The summed E-state index contributed by atoms with van der Waals surface area (Å²) in [7, 11) is -3.54. The maximum Gasteiger partial charge on any atom is 0.251 e. The number of anilines is 1. The summed E-state index contributed by atoms with van der Waals surface area (Å²) in [6.07, 6.45) is 0. The molecule has 2 heterocycles. The van der Waals surface area contributed by atoms with Crippen LogP contribution in [0, 0.1) is 0 Å². The average molecular weight is 336 g/mol. The van der Waals surface area contributed by atoms with Gasteiger partial charge in [0, 0.05) is 19.6 Å². The van der Waals surface area contributed by atoms with Crippen molar-refractivity contribution in [1.29, 1.82) is 0 Å². The van der Waals surface area contributed by atoms with Crippen molar-refractivity contribution >= 4 is 15.8 Å². The molecule has 23 heavy (non-hydrogen) atoms. The molecule has 0 spiro atoms. The Labute approximate surface area is 135 Å². The summed E-state index contributed by atoms with van der Waals surface area (Å²) in [5, 5.41) is 8.13. The third-order valence-corrected chi connectivity index (χ3v) is 5.36. The molecule has 1 aromatic heterocycles. The van der Waals surface area contributed by atoms with Crippen molar-refractivity contribution < 1.29 is 13.2 Å². The third-order valence-electron chi connectivity index (χ3n) is 3.79. The molecule has 8 heteroatoms. The van der Waals surface area contributed by atoms with Gasteiger partial charge < -0.3 is 9.64 Å². The largest absolute Gasteiger partial charge is 0.378 e. The molecule has 0 N–H and O–H groups in total. The van der Waals surface area contributed by atoms with Gasteiger partial charge in [-0.15, -0.1) is 10.2 Å². The molecule has 0 unspecified atom stereocenters. The van der Waals surface area contributed by atoms with Gasteiger partial charge in [0.1, 0.15) is 0 Å². The monoisotopic (exact) mass is 336 g/mol. The van der Waals surface area contributed by atoms with E-state index in [1.54, 1.807) is 16.7 Å². The van der Waals surface area contributed by atoms with E-state index in [9.17, 15) is 8.42 Å². The lowest BCUT2D eigenvalue weighted by molar-refractivity contribution is 0.121. The number of ether oxygens (including phenoxy) is 1. The molecule has 0 amide bonds. The molecule has 0 radical (unpaired) electrons. The Morgan fingerprint density at radius 2 is 1.83 bits per heavy atom. The van der Waals surface area contributed by atoms with Gasteiger partial charge in [0.2, 0.25) is 15.8 Å². The van der Waals surface area contributed by atoms with Crippen LogP contribution in [-0.4, -0.2) is 49.5 Å². The van der Waals surface area contributed by atoms with Gasteiger partial charge in [0.25, 0.3) is 5.16 Å². The zero-order valence-electron chi connectivity index (χ0n) is 13.1. The standard InChI is InChI=1S/C15H20N4O3S/c1-2-19-14(18-8-10-22-11-9-18)16-17-15(19)23(20,21)12-13-6-4-3-5-7-13/h3-7H,2,8-12H2,1H3. The van der Waals surface area contributed by atoms with Gasteiger partial charge in [-0.1, -0.05) is 30.3 Å². The minimum absolute atomic E-state index is 0.0327. The van der Waals surface area contributed by atoms with Crippen LogP contribution in [0.1, 0.15) is 12.5 Å². The van der Waals surface area contributed by atoms with Crippen LogP contribution in [0.5, 0.6) is 0 Å². The number of nitrogens with zero attached hydrogens (tertiary/aromatic N) is 4. The zero-order chi connectivity index (χ0) is 16.3. The van der Waals surface area contributed by atoms with Crippen molar-refractivity contribution in [2.75, 3.05) is 31.2 Å². The van der Waals surface area contributed by atoms with Gasteiger partial charge in [-0.3, -0.25) is 4.57 Å². The summed E-state index contributed by atoms with van der Waals surface area (Å²) >= 11 is 0. The SMILES string of the molecule is CCn1c(N2CCOCC2)nnc1S(=O)(=O)Cc1ccccc1. The number of benzene rings is 1. The van der Waals surface area contributed by atoms with Crippen LogP contribution in [0.3, 0.4) is 0 Å². The maximum atomic E-state index is 12.7. The lowest BCUT2D eigenvalue weighted by Gasteiger charge is -2.27. The quantitative estimate of drug-likeness (QED) is 0.814. The Morgan fingerprint density at radius 3 is 2.48 bits per heavy atom. The second kappa shape index (κ2) is 6.67. The van der Waals surface area contributed by atoms with Gasteiger partial charge in [-0.25, -0.2) is 8.42 Å². The van der Waals surface area contributed by atoms with E-state index in [2.05, 4.69) is 10.2 Å². The molecule has 1 fully saturated rings. The van der Waals surface area contributed by atoms with Crippen LogP contribution in [0.2, 0.25) is 0 Å². The second-order valence-electron chi connectivity index (χ2n) is 5.37. The highest BCUT2D eigenvalue weighted by Crippen LogP contribution is 2.21. The van der Waals surface area contributed by atoms with Gasteiger partial charge in [-0.2, -0.15) is 0 Å². The first-order valence-corrected chi connectivity index (χ1v) is 9.29. The lowest BCUT2D eigenvalue weighted by Crippen LogP contribution is -2.38. The Morgan fingerprint density at radius 1 is 1.13 bits per heavy atom. The highest BCUT2D eigenvalue weighted by Gasteiger charge is 2.27. The van der Waals surface area contributed by atoms with Crippen molar-refractivity contribution in [2.45, 2.75) is 24.4 Å². The molecular formula is C15H20N4O3S. The average Bonchev–Trinajstić information content (AvgIpc) is 3.01. The van der Waals surface area contributed by atoms with Crippen LogP contribution >= 0.6 is 0 Å². The first kappa shape index (κ1) is 15.9. The minimum atomic E-state index is -3.54. The van der Waals surface area contributed by atoms with E-state index in [4.69, 9.17) is 4.74 Å². The number of hydrogen-bond acceptors (Lipinski definition) is 6. The molecule has 0 saturated carbocycles. The van der Waals surface area contributed by atoms with Crippen molar-refractivity contribution in [2.24, 2.45) is 0 Å². The fraction of sp³-hybridized carbons (Fsp3) is 0.467. The summed E-state index contributed by atoms with van der Waals surface area (Å²) in [6, 6.07) is 9.12. The molecule has 0 bridgehead atoms. The van der Waals surface area contributed by atoms with E-state index in [0.717, 1.165) is 5.56 Å². The molecule has 3 rings (SSSR count). The molecule has 0 atom stereocenters. The molecule has 1 aliphatic heterocycles. The van der Waals surface area contributed by atoms with Crippen LogP contribution in [0.25, 0.3) is 0 Å². The van der Waals surface area contributed by atoms with Crippen molar-refractivity contribution in [3.63, 3.8) is 0 Å². The molecular weight excluding hydrogens is 316 g/mol. The Kier molecular flexibility index (Phi) is 4.63. The predicted molar refractivity (Wildman–Crippen MR) is 86.1 cm³/mol. The number of sulfone groups is 1. The summed E-state index contributed by atoms with van der Waals surface area (Å²) in [4.78, 5) is 2.02. The fourth-order valence-corrected chi connectivity index (χ4v) is 4.12. The first-order valence-electron chi connectivity index (χ1n) is 7.64. The highest BCUT2D eigenvalue weighted by molar-refractivity contribution is 7.90. The topological polar surface area (TPSA) is 77.3 Å². The van der Waals surface area contributed by atoms with Crippen molar-refractivity contribution in [1.82, 2.24) is 14.8 Å². The van der Waals surface area contributed by atoms with E-state index < -0.39 is 9.84 Å². The summed E-state index contributed by atoms with van der Waals surface area (Å²) in [5.41, 5.74) is 0.742. The van der Waals surface area contributed by atoms with Crippen LogP contribution in [-0.2, 0) is 26.9 Å². The van der Waals surface area contributed by atoms with E-state index in [0.29, 0.717) is 38.8 Å². The van der Waals surface area contributed by atoms with Crippen molar-refractivity contribution in [3.8, 4) is 0 Å². The molecule has 1 aromatic carbocycles. The Balaban J connectivity index is 1.91. The van der Waals surface area contributed by atoms with Gasteiger partial charge >= 0.3 is 0 Å². The number of morpholine rings is 1. The first-order chi connectivity index (χ1) is 11.1. The number of rotatable bonds is 5. The predicted octanol–water partition coefficient (Wildman–Crippen LogP) is 1.11. The van der Waals surface area contributed by atoms with Crippen molar-refractivity contribution in [3.05, 3.63) is 35.9 Å². The smallest absolute Gasteiger partial charge is 0.251 e. The summed E-state index contributed by atoms with van der Waals surface area (Å²) in [5.74, 6) is 0.525. The van der Waals surface area contributed by atoms with Gasteiger partial charge in [0.15, 0.2) is 0 Å². The third kappa shape index (κ3) is 3.37. The van der Waals surface area contributed by atoms with E-state index in [1.807, 2.05) is 30.0 Å². The molecule has 124 valence electrons.